The van der Waals surface area contributed by atoms with Crippen LogP contribution in [0, 0.1) is 6.92 Å². The normalized spacial score (nSPS) is 24.2. The first kappa shape index (κ1) is 14.0. The molecule has 0 unspecified atom stereocenters. The van der Waals surface area contributed by atoms with Crippen LogP contribution in [-0.4, -0.2) is 59.6 Å². The fourth-order valence-corrected chi connectivity index (χ4v) is 3.42. The van der Waals surface area contributed by atoms with Crippen LogP contribution in [0.15, 0.2) is 5.38 Å². The molecule has 2 saturated heterocycles. The summed E-state index contributed by atoms with van der Waals surface area (Å²) >= 11 is 1.70. The Morgan fingerprint density at radius 3 is 2.85 bits per heavy atom. The number of aryl methyl sites for hydroxylation is 1. The van der Waals surface area contributed by atoms with Crippen molar-refractivity contribution in [1.29, 1.82) is 0 Å². The zero-order valence-electron chi connectivity index (χ0n) is 11.9. The largest absolute Gasteiger partial charge is 0.368 e. The van der Waals surface area contributed by atoms with Gasteiger partial charge in [-0.25, -0.2) is 4.98 Å². The van der Waals surface area contributed by atoms with E-state index in [1.54, 1.807) is 11.3 Å². The molecule has 0 aliphatic carbocycles. The second kappa shape index (κ2) is 6.20. The van der Waals surface area contributed by atoms with Crippen molar-refractivity contribution < 1.29 is 9.53 Å². The molecule has 110 valence electrons. The molecule has 0 bridgehead atoms. The summed E-state index contributed by atoms with van der Waals surface area (Å²) in [6.45, 7) is 7.13. The molecule has 2 aliphatic rings. The standard InChI is InChI=1S/C14H21N3O2S/c1-11-15-12(10-20-11)9-16-4-6-17(7-5-16)14(18)13-3-2-8-19-13/h10,13H,2-9H2,1H3/t13-/m0/s1. The van der Waals surface area contributed by atoms with Crippen LogP contribution in [0.3, 0.4) is 0 Å². The summed E-state index contributed by atoms with van der Waals surface area (Å²) in [7, 11) is 0. The van der Waals surface area contributed by atoms with E-state index in [2.05, 4.69) is 15.3 Å². The number of carbonyl (C=O) groups excluding carboxylic acids is 1. The molecule has 0 saturated carbocycles. The van der Waals surface area contributed by atoms with Gasteiger partial charge in [0.25, 0.3) is 5.91 Å². The summed E-state index contributed by atoms with van der Waals surface area (Å²) in [4.78, 5) is 21.1. The summed E-state index contributed by atoms with van der Waals surface area (Å²) < 4.78 is 5.48. The lowest BCUT2D eigenvalue weighted by Gasteiger charge is -2.35. The number of nitrogens with zero attached hydrogens (tertiary/aromatic N) is 3. The lowest BCUT2D eigenvalue weighted by Crippen LogP contribution is -2.51. The van der Waals surface area contributed by atoms with E-state index in [9.17, 15) is 4.79 Å². The maximum atomic E-state index is 12.2. The number of hydrogen-bond acceptors (Lipinski definition) is 5. The third kappa shape index (κ3) is 3.19. The first-order valence-corrected chi connectivity index (χ1v) is 8.14. The highest BCUT2D eigenvalue weighted by Crippen LogP contribution is 2.17. The van der Waals surface area contributed by atoms with E-state index in [0.29, 0.717) is 0 Å². The molecule has 0 aromatic carbocycles. The van der Waals surface area contributed by atoms with Crippen molar-refractivity contribution >= 4 is 17.2 Å². The van der Waals surface area contributed by atoms with Crippen LogP contribution in [0.5, 0.6) is 0 Å². The number of aromatic nitrogens is 1. The van der Waals surface area contributed by atoms with Gasteiger partial charge in [0.05, 0.1) is 10.7 Å². The van der Waals surface area contributed by atoms with Gasteiger partial charge in [-0.2, -0.15) is 0 Å². The van der Waals surface area contributed by atoms with E-state index in [4.69, 9.17) is 4.74 Å². The highest BCUT2D eigenvalue weighted by atomic mass is 32.1. The third-order valence-corrected chi connectivity index (χ3v) is 4.76. The van der Waals surface area contributed by atoms with Gasteiger partial charge in [0, 0.05) is 44.7 Å². The Hall–Kier alpha value is -0.980. The first-order valence-electron chi connectivity index (χ1n) is 7.26. The average molecular weight is 295 g/mol. The monoisotopic (exact) mass is 295 g/mol. The summed E-state index contributed by atoms with van der Waals surface area (Å²) in [5.74, 6) is 0.187. The molecule has 6 heteroatoms. The van der Waals surface area contributed by atoms with Crippen LogP contribution < -0.4 is 0 Å². The fraction of sp³-hybridized carbons (Fsp3) is 0.714. The summed E-state index contributed by atoms with van der Waals surface area (Å²) in [6.07, 6.45) is 1.72. The lowest BCUT2D eigenvalue weighted by atomic mass is 10.2. The fourth-order valence-electron chi connectivity index (χ4n) is 2.81. The summed E-state index contributed by atoms with van der Waals surface area (Å²) in [5, 5.41) is 3.24. The van der Waals surface area contributed by atoms with Crippen molar-refractivity contribution in [2.24, 2.45) is 0 Å². The van der Waals surface area contributed by atoms with Gasteiger partial charge in [0.2, 0.25) is 0 Å². The van der Waals surface area contributed by atoms with Gasteiger partial charge >= 0.3 is 0 Å². The average Bonchev–Trinajstić information content (AvgIpc) is 3.11. The molecule has 0 N–H and O–H groups in total. The molecule has 1 aromatic heterocycles. The number of thiazole rings is 1. The van der Waals surface area contributed by atoms with Crippen molar-refractivity contribution in [2.75, 3.05) is 32.8 Å². The molecule has 1 aromatic rings. The molecule has 0 spiro atoms. The molecule has 2 aliphatic heterocycles. The maximum Gasteiger partial charge on any atom is 0.251 e. The zero-order valence-corrected chi connectivity index (χ0v) is 12.7. The second-order valence-electron chi connectivity index (χ2n) is 5.46. The van der Waals surface area contributed by atoms with Gasteiger partial charge < -0.3 is 9.64 Å². The second-order valence-corrected chi connectivity index (χ2v) is 6.52. The highest BCUT2D eigenvalue weighted by Gasteiger charge is 2.30. The van der Waals surface area contributed by atoms with Crippen molar-refractivity contribution in [3.05, 3.63) is 16.1 Å². The zero-order chi connectivity index (χ0) is 13.9. The van der Waals surface area contributed by atoms with Gasteiger partial charge in [-0.05, 0) is 19.8 Å². The van der Waals surface area contributed by atoms with Crippen molar-refractivity contribution in [3.63, 3.8) is 0 Å². The Bertz CT molecular complexity index is 463. The number of amides is 1. The Kier molecular flexibility index (Phi) is 4.33. The molecule has 2 fully saturated rings. The predicted octanol–water partition coefficient (Wildman–Crippen LogP) is 1.27. The molecular weight excluding hydrogens is 274 g/mol. The number of ether oxygens (including phenoxy) is 1. The van der Waals surface area contributed by atoms with Crippen molar-refractivity contribution in [3.8, 4) is 0 Å². The van der Waals surface area contributed by atoms with E-state index >= 15 is 0 Å². The molecule has 1 atom stereocenters. The van der Waals surface area contributed by atoms with Gasteiger partial charge in [-0.3, -0.25) is 9.69 Å². The van der Waals surface area contributed by atoms with E-state index in [-0.39, 0.29) is 12.0 Å². The van der Waals surface area contributed by atoms with Gasteiger partial charge in [-0.15, -0.1) is 11.3 Å². The third-order valence-electron chi connectivity index (χ3n) is 3.94. The Balaban J connectivity index is 1.48. The summed E-state index contributed by atoms with van der Waals surface area (Å²) in [5.41, 5.74) is 1.14. The molecule has 5 nitrogen and oxygen atoms in total. The topological polar surface area (TPSA) is 45.7 Å². The van der Waals surface area contributed by atoms with Gasteiger partial charge in [0.1, 0.15) is 6.10 Å². The molecular formula is C14H21N3O2S. The highest BCUT2D eigenvalue weighted by molar-refractivity contribution is 7.09. The molecule has 1 amide bonds. The van der Waals surface area contributed by atoms with Crippen molar-refractivity contribution in [2.45, 2.75) is 32.4 Å². The van der Waals surface area contributed by atoms with Crippen LogP contribution in [0.25, 0.3) is 0 Å². The smallest absolute Gasteiger partial charge is 0.251 e. The quantitative estimate of drug-likeness (QED) is 0.842. The minimum atomic E-state index is -0.178. The number of hydrogen-bond donors (Lipinski definition) is 0. The predicted molar refractivity (Wildman–Crippen MR) is 77.7 cm³/mol. The van der Waals surface area contributed by atoms with Crippen LogP contribution in [0.2, 0.25) is 0 Å². The molecule has 3 heterocycles. The maximum absolute atomic E-state index is 12.2. The SMILES string of the molecule is Cc1nc(CN2CCN(C(=O)[C@@H]3CCCO3)CC2)cs1. The van der Waals surface area contributed by atoms with Crippen LogP contribution in [0.4, 0.5) is 0 Å². The van der Waals surface area contributed by atoms with Crippen LogP contribution >= 0.6 is 11.3 Å². The molecule has 3 rings (SSSR count). The van der Waals surface area contributed by atoms with Crippen molar-refractivity contribution in [1.82, 2.24) is 14.8 Å². The van der Waals surface area contributed by atoms with E-state index < -0.39 is 0 Å². The summed E-state index contributed by atoms with van der Waals surface area (Å²) in [6, 6.07) is 0. The van der Waals surface area contributed by atoms with Gasteiger partial charge in [0.15, 0.2) is 0 Å². The first-order chi connectivity index (χ1) is 9.72. The van der Waals surface area contributed by atoms with Gasteiger partial charge in [-0.1, -0.05) is 0 Å². The number of rotatable bonds is 3. The number of carbonyl (C=O) groups is 1. The Morgan fingerprint density at radius 2 is 2.25 bits per heavy atom. The lowest BCUT2D eigenvalue weighted by molar-refractivity contribution is -0.142. The molecule has 20 heavy (non-hydrogen) atoms. The molecule has 0 radical (unpaired) electrons. The number of piperazine rings is 1. The van der Waals surface area contributed by atoms with Crippen LogP contribution in [0.1, 0.15) is 23.5 Å². The minimum Gasteiger partial charge on any atom is -0.368 e. The Labute approximate surface area is 123 Å². The van der Waals surface area contributed by atoms with E-state index in [1.807, 2.05) is 11.8 Å². The minimum absolute atomic E-state index is 0.178. The van der Waals surface area contributed by atoms with Crippen LogP contribution in [-0.2, 0) is 16.1 Å². The van der Waals surface area contributed by atoms with E-state index in [0.717, 1.165) is 62.9 Å². The Morgan fingerprint density at radius 1 is 1.45 bits per heavy atom. The van der Waals surface area contributed by atoms with E-state index in [1.165, 1.54) is 0 Å².